The fourth-order valence-corrected chi connectivity index (χ4v) is 1.66. The molecule has 0 radical (unpaired) electrons. The quantitative estimate of drug-likeness (QED) is 0.505. The van der Waals surface area contributed by atoms with Crippen LogP contribution in [0.4, 0.5) is 0 Å². The standard InChI is InChI=1S/C10H21ClN2O2/c1-13-4-7-15-10(9-13)8-12-3-6-14-5-2-11/h10,12H,2-9H2,1H3. The van der Waals surface area contributed by atoms with Crippen LogP contribution in [0.2, 0.25) is 0 Å². The minimum atomic E-state index is 0.316. The van der Waals surface area contributed by atoms with Crippen molar-refractivity contribution in [3.8, 4) is 0 Å². The lowest BCUT2D eigenvalue weighted by Gasteiger charge is -2.30. The second kappa shape index (κ2) is 8.30. The van der Waals surface area contributed by atoms with Crippen LogP contribution in [-0.4, -0.2) is 69.9 Å². The lowest BCUT2D eigenvalue weighted by molar-refractivity contribution is -0.0186. The van der Waals surface area contributed by atoms with E-state index in [9.17, 15) is 0 Å². The van der Waals surface area contributed by atoms with Gasteiger partial charge in [0.1, 0.15) is 0 Å². The second-order valence-corrected chi connectivity index (χ2v) is 4.14. The number of ether oxygens (including phenoxy) is 2. The number of likely N-dealkylation sites (N-methyl/N-ethyl adjacent to an activating group) is 1. The van der Waals surface area contributed by atoms with Crippen molar-refractivity contribution < 1.29 is 9.47 Å². The van der Waals surface area contributed by atoms with Gasteiger partial charge in [0.25, 0.3) is 0 Å². The van der Waals surface area contributed by atoms with E-state index in [1.807, 2.05) is 0 Å². The van der Waals surface area contributed by atoms with E-state index in [4.69, 9.17) is 21.1 Å². The Morgan fingerprint density at radius 2 is 2.40 bits per heavy atom. The molecule has 0 aromatic heterocycles. The molecule has 1 aliphatic rings. The number of rotatable bonds is 7. The van der Waals surface area contributed by atoms with E-state index < -0.39 is 0 Å². The van der Waals surface area contributed by atoms with Gasteiger partial charge in [-0.05, 0) is 7.05 Å². The summed E-state index contributed by atoms with van der Waals surface area (Å²) in [5, 5.41) is 3.31. The van der Waals surface area contributed by atoms with Gasteiger partial charge in [-0.2, -0.15) is 0 Å². The Labute approximate surface area is 96.9 Å². The lowest BCUT2D eigenvalue weighted by atomic mass is 10.3. The van der Waals surface area contributed by atoms with Gasteiger partial charge in [-0.3, -0.25) is 0 Å². The summed E-state index contributed by atoms with van der Waals surface area (Å²) in [7, 11) is 2.12. The van der Waals surface area contributed by atoms with Gasteiger partial charge in [0.2, 0.25) is 0 Å². The average molecular weight is 237 g/mol. The van der Waals surface area contributed by atoms with Crippen molar-refractivity contribution in [1.82, 2.24) is 10.2 Å². The number of hydrogen-bond acceptors (Lipinski definition) is 4. The van der Waals surface area contributed by atoms with Crippen molar-refractivity contribution in [2.75, 3.05) is 58.9 Å². The maximum atomic E-state index is 5.61. The van der Waals surface area contributed by atoms with Gasteiger partial charge in [-0.25, -0.2) is 0 Å². The van der Waals surface area contributed by atoms with Gasteiger partial charge in [0.05, 0.1) is 25.9 Å². The monoisotopic (exact) mass is 236 g/mol. The highest BCUT2D eigenvalue weighted by atomic mass is 35.5. The highest BCUT2D eigenvalue weighted by Gasteiger charge is 2.16. The number of halogens is 1. The molecule has 0 aromatic carbocycles. The van der Waals surface area contributed by atoms with E-state index in [1.54, 1.807) is 0 Å². The van der Waals surface area contributed by atoms with Crippen molar-refractivity contribution in [1.29, 1.82) is 0 Å². The summed E-state index contributed by atoms with van der Waals surface area (Å²) < 4.78 is 10.9. The van der Waals surface area contributed by atoms with Crippen LogP contribution in [-0.2, 0) is 9.47 Å². The first-order valence-electron chi connectivity index (χ1n) is 5.47. The number of alkyl halides is 1. The van der Waals surface area contributed by atoms with E-state index >= 15 is 0 Å². The molecule has 1 atom stereocenters. The van der Waals surface area contributed by atoms with E-state index in [2.05, 4.69) is 17.3 Å². The molecule has 0 bridgehead atoms. The van der Waals surface area contributed by atoms with Crippen LogP contribution >= 0.6 is 11.6 Å². The molecule has 1 N–H and O–H groups in total. The summed E-state index contributed by atoms with van der Waals surface area (Å²) in [5.74, 6) is 0.566. The smallest absolute Gasteiger partial charge is 0.0826 e. The Bertz CT molecular complexity index is 160. The van der Waals surface area contributed by atoms with Gasteiger partial charge < -0.3 is 19.7 Å². The first kappa shape index (κ1) is 13.2. The lowest BCUT2D eigenvalue weighted by Crippen LogP contribution is -2.45. The molecule has 0 spiro atoms. The Hall–Kier alpha value is 0.130. The minimum absolute atomic E-state index is 0.316. The third-order valence-electron chi connectivity index (χ3n) is 2.36. The molecule has 0 aliphatic carbocycles. The summed E-state index contributed by atoms with van der Waals surface area (Å²) in [4.78, 5) is 2.29. The molecule has 1 fully saturated rings. The fourth-order valence-electron chi connectivity index (χ4n) is 1.55. The van der Waals surface area contributed by atoms with Crippen molar-refractivity contribution in [2.45, 2.75) is 6.10 Å². The number of hydrogen-bond donors (Lipinski definition) is 1. The van der Waals surface area contributed by atoms with Crippen LogP contribution in [0.3, 0.4) is 0 Å². The van der Waals surface area contributed by atoms with E-state index in [0.717, 1.165) is 39.4 Å². The van der Waals surface area contributed by atoms with Crippen molar-refractivity contribution in [2.24, 2.45) is 0 Å². The summed E-state index contributed by atoms with van der Waals surface area (Å²) in [6.45, 7) is 5.99. The highest BCUT2D eigenvalue weighted by Crippen LogP contribution is 2.01. The van der Waals surface area contributed by atoms with Gasteiger partial charge >= 0.3 is 0 Å². The summed E-state index contributed by atoms with van der Waals surface area (Å²) in [6, 6.07) is 0. The predicted octanol–water partition coefficient (Wildman–Crippen LogP) is 0.162. The van der Waals surface area contributed by atoms with Gasteiger partial charge in [-0.1, -0.05) is 0 Å². The first-order chi connectivity index (χ1) is 7.33. The third kappa shape index (κ3) is 6.33. The molecule has 1 heterocycles. The van der Waals surface area contributed by atoms with Crippen LogP contribution in [0.5, 0.6) is 0 Å². The Morgan fingerprint density at radius 1 is 1.53 bits per heavy atom. The molecule has 1 saturated heterocycles. The zero-order chi connectivity index (χ0) is 10.9. The summed E-state index contributed by atoms with van der Waals surface area (Å²) in [5.41, 5.74) is 0. The summed E-state index contributed by atoms with van der Waals surface area (Å²) >= 11 is 5.48. The molecule has 5 heteroatoms. The Balaban J connectivity index is 1.90. The molecular formula is C10H21ClN2O2. The molecular weight excluding hydrogens is 216 g/mol. The van der Waals surface area contributed by atoms with Crippen LogP contribution in [0.1, 0.15) is 0 Å². The van der Waals surface area contributed by atoms with Crippen molar-refractivity contribution in [3.05, 3.63) is 0 Å². The van der Waals surface area contributed by atoms with Crippen LogP contribution in [0.15, 0.2) is 0 Å². The highest BCUT2D eigenvalue weighted by molar-refractivity contribution is 6.17. The van der Waals surface area contributed by atoms with Gasteiger partial charge in [0, 0.05) is 32.1 Å². The van der Waals surface area contributed by atoms with E-state index in [1.165, 1.54) is 0 Å². The normalized spacial score (nSPS) is 23.2. The molecule has 1 aliphatic heterocycles. The van der Waals surface area contributed by atoms with Crippen LogP contribution < -0.4 is 5.32 Å². The van der Waals surface area contributed by atoms with Gasteiger partial charge in [0.15, 0.2) is 0 Å². The molecule has 0 saturated carbocycles. The minimum Gasteiger partial charge on any atom is -0.379 e. The fraction of sp³-hybridized carbons (Fsp3) is 1.00. The zero-order valence-corrected chi connectivity index (χ0v) is 10.1. The van der Waals surface area contributed by atoms with Crippen molar-refractivity contribution in [3.63, 3.8) is 0 Å². The maximum absolute atomic E-state index is 5.61. The molecule has 1 rings (SSSR count). The largest absolute Gasteiger partial charge is 0.379 e. The van der Waals surface area contributed by atoms with Crippen LogP contribution in [0.25, 0.3) is 0 Å². The first-order valence-corrected chi connectivity index (χ1v) is 6.01. The molecule has 90 valence electrons. The number of morpholine rings is 1. The Morgan fingerprint density at radius 3 is 3.13 bits per heavy atom. The summed E-state index contributed by atoms with van der Waals surface area (Å²) in [6.07, 6.45) is 0.316. The topological polar surface area (TPSA) is 33.7 Å². The number of nitrogens with zero attached hydrogens (tertiary/aromatic N) is 1. The van der Waals surface area contributed by atoms with Gasteiger partial charge in [-0.15, -0.1) is 11.6 Å². The third-order valence-corrected chi connectivity index (χ3v) is 2.51. The zero-order valence-electron chi connectivity index (χ0n) is 9.38. The van der Waals surface area contributed by atoms with E-state index in [0.29, 0.717) is 18.6 Å². The van der Waals surface area contributed by atoms with E-state index in [-0.39, 0.29) is 0 Å². The molecule has 0 aromatic rings. The second-order valence-electron chi connectivity index (χ2n) is 3.76. The number of nitrogens with one attached hydrogen (secondary N) is 1. The molecule has 15 heavy (non-hydrogen) atoms. The van der Waals surface area contributed by atoms with Crippen LogP contribution in [0, 0.1) is 0 Å². The SMILES string of the molecule is CN1CCOC(CNCCOCCCl)C1. The molecule has 1 unspecified atom stereocenters. The Kier molecular flexibility index (Phi) is 7.30. The molecule has 0 amide bonds. The maximum Gasteiger partial charge on any atom is 0.0826 e. The van der Waals surface area contributed by atoms with Crippen molar-refractivity contribution >= 4 is 11.6 Å². The molecule has 4 nitrogen and oxygen atoms in total. The average Bonchev–Trinajstić information content (AvgIpc) is 2.23. The predicted molar refractivity (Wildman–Crippen MR) is 61.6 cm³/mol.